The van der Waals surface area contributed by atoms with Gasteiger partial charge in [0.25, 0.3) is 5.91 Å². The molecule has 140 valence electrons. The molecule has 2 aromatic carbocycles. The minimum atomic E-state index is -0.810. The summed E-state index contributed by atoms with van der Waals surface area (Å²) in [6, 6.07) is 13.6. The number of nitrogens with one attached hydrogen (secondary N) is 2. The number of hydrogen-bond donors (Lipinski definition) is 2. The second-order valence-electron chi connectivity index (χ2n) is 7.32. The average Bonchev–Trinajstić information content (AvgIpc) is 2.68. The first kappa shape index (κ1) is 17.6. The highest BCUT2D eigenvalue weighted by Gasteiger charge is 2.30. The second-order valence-corrected chi connectivity index (χ2v) is 7.32. The molecular weight excluding hydrogens is 340 g/mol. The van der Waals surface area contributed by atoms with E-state index in [2.05, 4.69) is 28.8 Å². The van der Waals surface area contributed by atoms with Crippen LogP contribution in [0.2, 0.25) is 0 Å². The number of ether oxygens (including phenoxy) is 1. The molecule has 4 rings (SSSR count). The van der Waals surface area contributed by atoms with Crippen LogP contribution in [0.25, 0.3) is 0 Å². The van der Waals surface area contributed by atoms with Crippen LogP contribution in [-0.2, 0) is 22.4 Å². The normalized spacial score (nSPS) is 19.1. The standard InChI is InChI=1S/C22H24N2O3/c1-14(16-11-10-15-6-2-3-7-17(15)12-16)23-21(25)13-20-22(26)24-18-8-4-5-9-19(18)27-20/h4-5,8-12,14,20H,2-3,6-7,13H2,1H3,(H,23,25)(H,24,26)/t14-,20-/m0/s1. The molecule has 0 bridgehead atoms. The highest BCUT2D eigenvalue weighted by atomic mass is 16.5. The van der Waals surface area contributed by atoms with Gasteiger partial charge in [0.1, 0.15) is 5.75 Å². The van der Waals surface area contributed by atoms with Gasteiger partial charge < -0.3 is 15.4 Å². The van der Waals surface area contributed by atoms with E-state index in [1.165, 1.54) is 24.0 Å². The smallest absolute Gasteiger partial charge is 0.266 e. The summed E-state index contributed by atoms with van der Waals surface area (Å²) in [5.74, 6) is 0.114. The molecule has 5 nitrogen and oxygen atoms in total. The first-order valence-electron chi connectivity index (χ1n) is 9.58. The van der Waals surface area contributed by atoms with Crippen LogP contribution in [0.4, 0.5) is 5.69 Å². The molecular formula is C22H24N2O3. The Balaban J connectivity index is 1.38. The van der Waals surface area contributed by atoms with E-state index in [1.54, 1.807) is 12.1 Å². The molecule has 0 spiro atoms. The number of carbonyl (C=O) groups is 2. The summed E-state index contributed by atoms with van der Waals surface area (Å²) in [6.45, 7) is 1.97. The van der Waals surface area contributed by atoms with Crippen LogP contribution in [-0.4, -0.2) is 17.9 Å². The maximum Gasteiger partial charge on any atom is 0.266 e. The largest absolute Gasteiger partial charge is 0.478 e. The van der Waals surface area contributed by atoms with Crippen LogP contribution in [0.5, 0.6) is 5.75 Å². The third kappa shape index (κ3) is 3.82. The van der Waals surface area contributed by atoms with Crippen molar-refractivity contribution in [2.75, 3.05) is 5.32 Å². The molecule has 0 aromatic heterocycles. The SMILES string of the molecule is C[C@H](NC(=O)C[C@@H]1Oc2ccccc2NC1=O)c1ccc2c(c1)CCCC2. The first-order chi connectivity index (χ1) is 13.1. The Morgan fingerprint density at radius 3 is 2.81 bits per heavy atom. The van der Waals surface area contributed by atoms with E-state index >= 15 is 0 Å². The van der Waals surface area contributed by atoms with Crippen LogP contribution in [0.15, 0.2) is 42.5 Å². The van der Waals surface area contributed by atoms with Gasteiger partial charge in [-0.1, -0.05) is 30.3 Å². The average molecular weight is 364 g/mol. The number of amides is 2. The van der Waals surface area contributed by atoms with Crippen molar-refractivity contribution >= 4 is 17.5 Å². The third-order valence-electron chi connectivity index (χ3n) is 5.33. The van der Waals surface area contributed by atoms with Crippen molar-refractivity contribution < 1.29 is 14.3 Å². The highest BCUT2D eigenvalue weighted by Crippen LogP contribution is 2.30. The van der Waals surface area contributed by atoms with Gasteiger partial charge in [0.05, 0.1) is 18.2 Å². The topological polar surface area (TPSA) is 67.4 Å². The lowest BCUT2D eigenvalue weighted by Crippen LogP contribution is -2.41. The second kappa shape index (κ2) is 7.43. The number of fused-ring (bicyclic) bond motifs is 2. The zero-order valence-corrected chi connectivity index (χ0v) is 15.5. The predicted octanol–water partition coefficient (Wildman–Crippen LogP) is 3.53. The molecule has 2 amide bonds. The molecule has 1 aliphatic carbocycles. The first-order valence-corrected chi connectivity index (χ1v) is 9.58. The van der Waals surface area contributed by atoms with Gasteiger partial charge in [-0.3, -0.25) is 9.59 Å². The highest BCUT2D eigenvalue weighted by molar-refractivity contribution is 5.99. The Kier molecular flexibility index (Phi) is 4.84. The Morgan fingerprint density at radius 1 is 1.19 bits per heavy atom. The van der Waals surface area contributed by atoms with E-state index in [4.69, 9.17) is 4.74 Å². The molecule has 0 saturated carbocycles. The molecule has 0 saturated heterocycles. The maximum atomic E-state index is 12.5. The van der Waals surface area contributed by atoms with Crippen molar-refractivity contribution in [3.05, 3.63) is 59.2 Å². The number of benzene rings is 2. The Hall–Kier alpha value is -2.82. The summed E-state index contributed by atoms with van der Waals surface area (Å²) < 4.78 is 5.70. The van der Waals surface area contributed by atoms with E-state index in [-0.39, 0.29) is 24.3 Å². The number of carbonyl (C=O) groups excluding carboxylic acids is 2. The van der Waals surface area contributed by atoms with Crippen molar-refractivity contribution in [3.8, 4) is 5.75 Å². The molecule has 1 heterocycles. The van der Waals surface area contributed by atoms with Gasteiger partial charge in [0.2, 0.25) is 5.91 Å². The van der Waals surface area contributed by atoms with Crippen LogP contribution in [0, 0.1) is 0 Å². The molecule has 2 atom stereocenters. The lowest BCUT2D eigenvalue weighted by atomic mass is 9.89. The number of rotatable bonds is 4. The quantitative estimate of drug-likeness (QED) is 0.872. The van der Waals surface area contributed by atoms with Crippen LogP contribution >= 0.6 is 0 Å². The Labute approximate surface area is 159 Å². The third-order valence-corrected chi connectivity index (χ3v) is 5.33. The van der Waals surface area contributed by atoms with Crippen LogP contribution in [0.3, 0.4) is 0 Å². The Morgan fingerprint density at radius 2 is 1.96 bits per heavy atom. The van der Waals surface area contributed by atoms with Gasteiger partial charge in [0.15, 0.2) is 6.10 Å². The molecule has 27 heavy (non-hydrogen) atoms. The minimum Gasteiger partial charge on any atom is -0.478 e. The molecule has 0 unspecified atom stereocenters. The zero-order valence-electron chi connectivity index (χ0n) is 15.5. The van der Waals surface area contributed by atoms with Crippen molar-refractivity contribution in [1.82, 2.24) is 5.32 Å². The van der Waals surface area contributed by atoms with Crippen molar-refractivity contribution in [1.29, 1.82) is 0 Å². The van der Waals surface area contributed by atoms with Crippen LogP contribution in [0.1, 0.15) is 48.9 Å². The van der Waals surface area contributed by atoms with Gasteiger partial charge >= 0.3 is 0 Å². The maximum absolute atomic E-state index is 12.5. The summed E-state index contributed by atoms with van der Waals surface area (Å²) in [7, 11) is 0. The zero-order chi connectivity index (χ0) is 18.8. The summed E-state index contributed by atoms with van der Waals surface area (Å²) in [4.78, 5) is 24.7. The van der Waals surface area contributed by atoms with Gasteiger partial charge in [-0.05, 0) is 61.4 Å². The fourth-order valence-electron chi connectivity index (χ4n) is 3.80. The number of para-hydroxylation sites is 2. The lowest BCUT2D eigenvalue weighted by Gasteiger charge is -2.26. The lowest BCUT2D eigenvalue weighted by molar-refractivity contribution is -0.130. The fraction of sp³-hybridized carbons (Fsp3) is 0.364. The molecule has 2 N–H and O–H groups in total. The van der Waals surface area contributed by atoms with E-state index in [9.17, 15) is 9.59 Å². The summed E-state index contributed by atoms with van der Waals surface area (Å²) in [6.07, 6.45) is 3.93. The van der Waals surface area contributed by atoms with Crippen molar-refractivity contribution in [3.63, 3.8) is 0 Å². The summed E-state index contributed by atoms with van der Waals surface area (Å²) in [5, 5.41) is 5.79. The molecule has 0 fully saturated rings. The predicted molar refractivity (Wildman–Crippen MR) is 104 cm³/mol. The van der Waals surface area contributed by atoms with E-state index in [1.807, 2.05) is 19.1 Å². The van der Waals surface area contributed by atoms with Gasteiger partial charge in [-0.15, -0.1) is 0 Å². The monoisotopic (exact) mass is 364 g/mol. The number of aryl methyl sites for hydroxylation is 2. The summed E-state index contributed by atoms with van der Waals surface area (Å²) >= 11 is 0. The van der Waals surface area contributed by atoms with E-state index in [0.29, 0.717) is 11.4 Å². The molecule has 0 radical (unpaired) electrons. The van der Waals surface area contributed by atoms with E-state index < -0.39 is 6.10 Å². The molecule has 1 aliphatic heterocycles. The Bertz CT molecular complexity index is 878. The summed E-state index contributed by atoms with van der Waals surface area (Å²) in [5.41, 5.74) is 4.56. The van der Waals surface area contributed by atoms with Crippen LogP contribution < -0.4 is 15.4 Å². The number of anilines is 1. The molecule has 2 aliphatic rings. The van der Waals surface area contributed by atoms with Gasteiger partial charge in [0, 0.05) is 0 Å². The minimum absolute atomic E-state index is 0.00452. The van der Waals surface area contributed by atoms with Gasteiger partial charge in [-0.25, -0.2) is 0 Å². The number of hydrogen-bond acceptors (Lipinski definition) is 3. The molecule has 5 heteroatoms. The van der Waals surface area contributed by atoms with Gasteiger partial charge in [-0.2, -0.15) is 0 Å². The van der Waals surface area contributed by atoms with E-state index in [0.717, 1.165) is 18.4 Å². The fourth-order valence-corrected chi connectivity index (χ4v) is 3.80. The molecule has 2 aromatic rings. The van der Waals surface area contributed by atoms with Crippen molar-refractivity contribution in [2.24, 2.45) is 0 Å². The van der Waals surface area contributed by atoms with Crippen molar-refractivity contribution in [2.45, 2.75) is 51.2 Å².